The number of nitrogens with one attached hydrogen (secondary N) is 2. The van der Waals surface area contributed by atoms with Crippen molar-refractivity contribution in [1.82, 2.24) is 10.6 Å². The Hall–Kier alpha value is -2.97. The molecule has 9 heteroatoms. The van der Waals surface area contributed by atoms with Crippen molar-refractivity contribution < 1.29 is 28.3 Å². The van der Waals surface area contributed by atoms with Gasteiger partial charge < -0.3 is 15.0 Å². The van der Waals surface area contributed by atoms with Gasteiger partial charge in [0, 0.05) is 19.0 Å². The van der Waals surface area contributed by atoms with Crippen LogP contribution in [0.2, 0.25) is 0 Å². The number of halogens is 1. The van der Waals surface area contributed by atoms with E-state index in [4.69, 9.17) is 4.74 Å². The van der Waals surface area contributed by atoms with E-state index in [-0.39, 0.29) is 24.7 Å². The standard InChI is InChI=1S/C18H22FN3O5/c1-3-11(2)20-18(26)21-15(23)10-27-17(25)12-8-16(24)22(9-12)14-7-5-4-6-13(14)19/h4-7,11-12H,3,8-10H2,1-2H3,(H2,20,21,23,26)/t11-,12-/m0/s1. The van der Waals surface area contributed by atoms with Gasteiger partial charge in [-0.15, -0.1) is 0 Å². The van der Waals surface area contributed by atoms with Crippen molar-refractivity contribution in [3.63, 3.8) is 0 Å². The number of hydrogen-bond donors (Lipinski definition) is 2. The van der Waals surface area contributed by atoms with Crippen LogP contribution >= 0.6 is 0 Å². The van der Waals surface area contributed by atoms with Crippen LogP contribution in [0.25, 0.3) is 0 Å². The summed E-state index contributed by atoms with van der Waals surface area (Å²) < 4.78 is 18.7. The number of carbonyl (C=O) groups is 4. The fraction of sp³-hybridized carbons (Fsp3) is 0.444. The minimum atomic E-state index is -0.807. The van der Waals surface area contributed by atoms with Crippen molar-refractivity contribution in [3.8, 4) is 0 Å². The summed E-state index contributed by atoms with van der Waals surface area (Å²) in [7, 11) is 0. The molecular formula is C18H22FN3O5. The molecule has 0 radical (unpaired) electrons. The van der Waals surface area contributed by atoms with Gasteiger partial charge in [0.05, 0.1) is 11.6 Å². The van der Waals surface area contributed by atoms with Crippen LogP contribution in [0.15, 0.2) is 24.3 Å². The van der Waals surface area contributed by atoms with E-state index in [2.05, 4.69) is 5.32 Å². The lowest BCUT2D eigenvalue weighted by Crippen LogP contribution is -2.44. The summed E-state index contributed by atoms with van der Waals surface area (Å²) in [6, 6.07) is 4.99. The zero-order valence-corrected chi connectivity index (χ0v) is 15.2. The molecule has 2 N–H and O–H groups in total. The molecule has 4 amide bonds. The van der Waals surface area contributed by atoms with E-state index < -0.39 is 42.2 Å². The third kappa shape index (κ3) is 5.50. The Balaban J connectivity index is 1.83. The summed E-state index contributed by atoms with van der Waals surface area (Å²) in [6.07, 6.45) is 0.564. The number of benzene rings is 1. The zero-order valence-electron chi connectivity index (χ0n) is 15.2. The van der Waals surface area contributed by atoms with E-state index in [9.17, 15) is 23.6 Å². The highest BCUT2D eigenvalue weighted by Crippen LogP contribution is 2.27. The van der Waals surface area contributed by atoms with Gasteiger partial charge in [0.2, 0.25) is 5.91 Å². The van der Waals surface area contributed by atoms with Crippen LogP contribution in [0.5, 0.6) is 0 Å². The number of rotatable bonds is 6. The van der Waals surface area contributed by atoms with E-state index >= 15 is 0 Å². The number of esters is 1. The Bertz CT molecular complexity index is 739. The monoisotopic (exact) mass is 379 g/mol. The van der Waals surface area contributed by atoms with Gasteiger partial charge in [-0.05, 0) is 25.5 Å². The topological polar surface area (TPSA) is 105 Å². The average Bonchev–Trinajstić information content (AvgIpc) is 3.01. The Morgan fingerprint density at radius 1 is 1.33 bits per heavy atom. The molecule has 27 heavy (non-hydrogen) atoms. The number of urea groups is 1. The fourth-order valence-corrected chi connectivity index (χ4v) is 2.55. The fourth-order valence-electron chi connectivity index (χ4n) is 2.55. The molecule has 2 atom stereocenters. The van der Waals surface area contributed by atoms with Crippen molar-refractivity contribution in [3.05, 3.63) is 30.1 Å². The molecule has 8 nitrogen and oxygen atoms in total. The first-order valence-electron chi connectivity index (χ1n) is 8.63. The van der Waals surface area contributed by atoms with Crippen LogP contribution in [0.3, 0.4) is 0 Å². The zero-order chi connectivity index (χ0) is 20.0. The number of ether oxygens (including phenoxy) is 1. The molecule has 2 rings (SSSR count). The highest BCUT2D eigenvalue weighted by molar-refractivity contribution is 6.00. The number of carbonyl (C=O) groups excluding carboxylic acids is 4. The van der Waals surface area contributed by atoms with Crippen molar-refractivity contribution in [1.29, 1.82) is 0 Å². The first kappa shape index (κ1) is 20.3. The van der Waals surface area contributed by atoms with E-state index in [0.29, 0.717) is 6.42 Å². The van der Waals surface area contributed by atoms with Gasteiger partial charge in [0.1, 0.15) is 5.82 Å². The molecule has 1 aromatic carbocycles. The Kier molecular flexibility index (Phi) is 6.86. The van der Waals surface area contributed by atoms with Crippen LogP contribution in [0.1, 0.15) is 26.7 Å². The minimum absolute atomic E-state index is 0.0330. The molecule has 0 unspecified atom stereocenters. The Morgan fingerprint density at radius 2 is 2.04 bits per heavy atom. The van der Waals surface area contributed by atoms with Crippen LogP contribution in [-0.2, 0) is 19.1 Å². The molecule has 0 spiro atoms. The molecular weight excluding hydrogens is 357 g/mol. The summed E-state index contributed by atoms with van der Waals surface area (Å²) in [4.78, 5) is 48.5. The molecule has 1 aromatic rings. The predicted molar refractivity (Wildman–Crippen MR) is 94.2 cm³/mol. The molecule has 1 fully saturated rings. The van der Waals surface area contributed by atoms with E-state index in [1.54, 1.807) is 13.0 Å². The Morgan fingerprint density at radius 3 is 2.70 bits per heavy atom. The Labute approximate surface area is 156 Å². The number of anilines is 1. The van der Waals surface area contributed by atoms with E-state index in [1.165, 1.54) is 23.1 Å². The van der Waals surface area contributed by atoms with Crippen molar-refractivity contribution >= 4 is 29.5 Å². The van der Waals surface area contributed by atoms with Crippen LogP contribution in [0, 0.1) is 11.7 Å². The molecule has 1 saturated heterocycles. The highest BCUT2D eigenvalue weighted by Gasteiger charge is 2.37. The van der Waals surface area contributed by atoms with Gasteiger partial charge in [0.25, 0.3) is 5.91 Å². The maximum absolute atomic E-state index is 13.8. The summed E-state index contributed by atoms with van der Waals surface area (Å²) in [6.45, 7) is 2.98. The summed E-state index contributed by atoms with van der Waals surface area (Å²) >= 11 is 0. The normalized spacial score (nSPS) is 17.4. The molecule has 0 aliphatic carbocycles. The number of para-hydroxylation sites is 1. The third-order valence-electron chi connectivity index (χ3n) is 4.19. The quantitative estimate of drug-likeness (QED) is 0.726. The third-order valence-corrected chi connectivity index (χ3v) is 4.19. The largest absolute Gasteiger partial charge is 0.455 e. The lowest BCUT2D eigenvalue weighted by atomic mass is 10.1. The first-order chi connectivity index (χ1) is 12.8. The molecule has 0 bridgehead atoms. The second-order valence-electron chi connectivity index (χ2n) is 6.30. The maximum Gasteiger partial charge on any atom is 0.321 e. The van der Waals surface area contributed by atoms with Crippen molar-refractivity contribution in [2.45, 2.75) is 32.7 Å². The van der Waals surface area contributed by atoms with Gasteiger partial charge in [-0.3, -0.25) is 19.7 Å². The van der Waals surface area contributed by atoms with Crippen LogP contribution < -0.4 is 15.5 Å². The maximum atomic E-state index is 13.8. The lowest BCUT2D eigenvalue weighted by molar-refractivity contribution is -0.152. The van der Waals surface area contributed by atoms with Gasteiger partial charge >= 0.3 is 12.0 Å². The lowest BCUT2D eigenvalue weighted by Gasteiger charge is -2.17. The van der Waals surface area contributed by atoms with Crippen LogP contribution in [0.4, 0.5) is 14.9 Å². The molecule has 1 aliphatic rings. The second kappa shape index (κ2) is 9.11. The molecule has 0 aromatic heterocycles. The number of hydrogen-bond acceptors (Lipinski definition) is 5. The predicted octanol–water partition coefficient (Wildman–Crippen LogP) is 1.35. The summed E-state index contributed by atoms with van der Waals surface area (Å²) in [5.41, 5.74) is 0.0947. The van der Waals surface area contributed by atoms with E-state index in [0.717, 1.165) is 0 Å². The van der Waals surface area contributed by atoms with E-state index in [1.807, 2.05) is 12.2 Å². The SMILES string of the molecule is CC[C@H](C)NC(=O)NC(=O)COC(=O)[C@H]1CC(=O)N(c2ccccc2F)C1. The average molecular weight is 379 g/mol. The number of nitrogens with zero attached hydrogens (tertiary/aromatic N) is 1. The molecule has 1 aliphatic heterocycles. The summed E-state index contributed by atoms with van der Waals surface area (Å²) in [5.74, 6) is -3.30. The van der Waals surface area contributed by atoms with Gasteiger partial charge in [0.15, 0.2) is 6.61 Å². The number of amides is 4. The van der Waals surface area contributed by atoms with Gasteiger partial charge in [-0.2, -0.15) is 0 Å². The molecule has 146 valence electrons. The van der Waals surface area contributed by atoms with Crippen LogP contribution in [-0.4, -0.2) is 43.0 Å². The van der Waals surface area contributed by atoms with Gasteiger partial charge in [-0.1, -0.05) is 19.1 Å². The van der Waals surface area contributed by atoms with Crippen molar-refractivity contribution in [2.75, 3.05) is 18.1 Å². The number of imide groups is 1. The summed E-state index contributed by atoms with van der Waals surface area (Å²) in [5, 5.41) is 4.59. The van der Waals surface area contributed by atoms with Gasteiger partial charge in [-0.25, -0.2) is 9.18 Å². The smallest absolute Gasteiger partial charge is 0.321 e. The first-order valence-corrected chi connectivity index (χ1v) is 8.63. The second-order valence-corrected chi connectivity index (χ2v) is 6.30. The van der Waals surface area contributed by atoms with Crippen molar-refractivity contribution in [2.24, 2.45) is 5.92 Å². The highest BCUT2D eigenvalue weighted by atomic mass is 19.1. The molecule has 0 saturated carbocycles. The molecule has 1 heterocycles. The minimum Gasteiger partial charge on any atom is -0.455 e.